The average Bonchev–Trinajstić information content (AvgIpc) is 2.89. The van der Waals surface area contributed by atoms with Crippen molar-refractivity contribution in [1.29, 1.82) is 0 Å². The number of methoxy groups -OCH3 is 2. The van der Waals surface area contributed by atoms with Crippen LogP contribution >= 0.6 is 23.4 Å². The van der Waals surface area contributed by atoms with Crippen molar-refractivity contribution in [1.82, 2.24) is 9.97 Å². The topological polar surface area (TPSA) is 75.4 Å². The molecule has 3 rings (SSSR count). The van der Waals surface area contributed by atoms with E-state index in [4.69, 9.17) is 36.2 Å². The molecular weight excluding hydrogens is 532 g/mol. The fraction of sp³-hybridized carbons (Fsp3) is 0.448. The van der Waals surface area contributed by atoms with Crippen LogP contribution in [0.2, 0.25) is 5.02 Å². The first-order valence-corrected chi connectivity index (χ1v) is 14.2. The van der Waals surface area contributed by atoms with Gasteiger partial charge in [0.2, 0.25) is 5.95 Å². The Morgan fingerprint density at radius 3 is 2.05 bits per heavy atom. The third-order valence-corrected chi connectivity index (χ3v) is 7.37. The summed E-state index contributed by atoms with van der Waals surface area (Å²) in [6, 6.07) is 12.3. The Morgan fingerprint density at radius 1 is 0.821 bits per heavy atom. The van der Waals surface area contributed by atoms with Crippen molar-refractivity contribution in [3.8, 4) is 0 Å². The number of aromatic nitrogens is 2. The van der Waals surface area contributed by atoms with Gasteiger partial charge in [-0.1, -0.05) is 47.1 Å². The van der Waals surface area contributed by atoms with Crippen molar-refractivity contribution >= 4 is 46.5 Å². The predicted octanol–water partition coefficient (Wildman–Crippen LogP) is 7.57. The smallest absolute Gasteiger partial charge is 0.228 e. The van der Waals surface area contributed by atoms with Crippen molar-refractivity contribution in [2.75, 3.05) is 64.4 Å². The molecule has 3 aromatic rings. The van der Waals surface area contributed by atoms with Gasteiger partial charge < -0.3 is 19.3 Å². The molecule has 0 saturated heterocycles. The third kappa shape index (κ3) is 8.89. The molecule has 210 valence electrons. The Bertz CT molecular complexity index is 1230. The molecule has 0 aliphatic carbocycles. The van der Waals surface area contributed by atoms with Crippen molar-refractivity contribution < 1.29 is 9.47 Å². The Kier molecular flexibility index (Phi) is 12.0. The van der Waals surface area contributed by atoms with Crippen LogP contribution in [0.4, 0.5) is 23.1 Å². The molecule has 0 spiro atoms. The highest BCUT2D eigenvalue weighted by molar-refractivity contribution is 7.99. The van der Waals surface area contributed by atoms with E-state index in [2.05, 4.69) is 47.3 Å². The SMILES string of the molecule is COCCCN(C)c1nc(Sc2ccc(C)cc2)c(N=Nc2c(C)cc(C)cc2Cl)c(N(C)CCCOC)n1. The van der Waals surface area contributed by atoms with Crippen molar-refractivity contribution in [3.05, 3.63) is 58.1 Å². The Labute approximate surface area is 241 Å². The highest BCUT2D eigenvalue weighted by Gasteiger charge is 2.21. The van der Waals surface area contributed by atoms with E-state index < -0.39 is 0 Å². The number of benzene rings is 2. The number of anilines is 2. The molecule has 0 amide bonds. The first-order chi connectivity index (χ1) is 18.7. The molecule has 0 bridgehead atoms. The van der Waals surface area contributed by atoms with Gasteiger partial charge in [0, 0.05) is 59.5 Å². The van der Waals surface area contributed by atoms with Crippen LogP contribution in [-0.2, 0) is 9.47 Å². The molecule has 2 aromatic carbocycles. The predicted molar refractivity (Wildman–Crippen MR) is 162 cm³/mol. The molecule has 0 aliphatic heterocycles. The molecule has 0 unspecified atom stereocenters. The van der Waals surface area contributed by atoms with E-state index in [-0.39, 0.29) is 0 Å². The summed E-state index contributed by atoms with van der Waals surface area (Å²) in [4.78, 5) is 15.1. The van der Waals surface area contributed by atoms with Gasteiger partial charge in [0.15, 0.2) is 11.5 Å². The van der Waals surface area contributed by atoms with E-state index in [1.165, 1.54) is 5.56 Å². The zero-order chi connectivity index (χ0) is 28.4. The minimum Gasteiger partial charge on any atom is -0.385 e. The Hall–Kier alpha value is -2.72. The molecule has 0 N–H and O–H groups in total. The van der Waals surface area contributed by atoms with E-state index in [9.17, 15) is 0 Å². The first kappa shape index (κ1) is 30.8. The van der Waals surface area contributed by atoms with Gasteiger partial charge in [0.1, 0.15) is 10.7 Å². The molecule has 1 aromatic heterocycles. The normalized spacial score (nSPS) is 11.4. The summed E-state index contributed by atoms with van der Waals surface area (Å²) in [6.45, 7) is 8.89. The number of azo groups is 1. The van der Waals surface area contributed by atoms with E-state index in [0.29, 0.717) is 41.4 Å². The third-order valence-electron chi connectivity index (χ3n) is 6.09. The second-order valence-corrected chi connectivity index (χ2v) is 11.0. The molecule has 39 heavy (non-hydrogen) atoms. The fourth-order valence-corrected chi connectivity index (χ4v) is 5.17. The molecule has 0 fully saturated rings. The van der Waals surface area contributed by atoms with Crippen LogP contribution in [0.5, 0.6) is 0 Å². The van der Waals surface area contributed by atoms with Gasteiger partial charge in [-0.3, -0.25) is 0 Å². The molecule has 0 atom stereocenters. The van der Waals surface area contributed by atoms with Crippen molar-refractivity contribution in [2.45, 2.75) is 43.5 Å². The quantitative estimate of drug-likeness (QED) is 0.112. The number of nitrogens with zero attached hydrogens (tertiary/aromatic N) is 6. The van der Waals surface area contributed by atoms with Crippen LogP contribution in [0.1, 0.15) is 29.5 Å². The highest BCUT2D eigenvalue weighted by atomic mass is 35.5. The zero-order valence-corrected chi connectivity index (χ0v) is 25.6. The maximum absolute atomic E-state index is 6.57. The largest absolute Gasteiger partial charge is 0.385 e. The van der Waals surface area contributed by atoms with Gasteiger partial charge in [-0.15, -0.1) is 10.2 Å². The minimum absolute atomic E-state index is 0.564. The summed E-state index contributed by atoms with van der Waals surface area (Å²) < 4.78 is 10.5. The summed E-state index contributed by atoms with van der Waals surface area (Å²) in [5, 5.41) is 10.7. The molecule has 1 heterocycles. The maximum atomic E-state index is 6.57. The van der Waals surface area contributed by atoms with Crippen LogP contribution in [0, 0.1) is 20.8 Å². The van der Waals surface area contributed by atoms with Gasteiger partial charge in [0.25, 0.3) is 0 Å². The van der Waals surface area contributed by atoms with Crippen LogP contribution < -0.4 is 9.80 Å². The van der Waals surface area contributed by atoms with Gasteiger partial charge in [0.05, 0.1) is 5.02 Å². The number of aryl methyl sites for hydroxylation is 3. The lowest BCUT2D eigenvalue weighted by atomic mass is 10.1. The second kappa shape index (κ2) is 15.2. The molecule has 0 radical (unpaired) electrons. The second-order valence-electron chi connectivity index (χ2n) is 9.56. The molecular formula is C29H39ClN6O2S. The number of hydrogen-bond acceptors (Lipinski definition) is 9. The minimum atomic E-state index is 0.564. The first-order valence-electron chi connectivity index (χ1n) is 13.0. The number of ether oxygens (including phenoxy) is 2. The highest BCUT2D eigenvalue weighted by Crippen LogP contribution is 2.42. The van der Waals surface area contributed by atoms with Crippen molar-refractivity contribution in [2.24, 2.45) is 10.2 Å². The van der Waals surface area contributed by atoms with Crippen LogP contribution in [0.15, 0.2) is 56.5 Å². The van der Waals surface area contributed by atoms with Gasteiger partial charge >= 0.3 is 0 Å². The number of halogens is 1. The summed E-state index contributed by atoms with van der Waals surface area (Å²) in [7, 11) is 7.43. The summed E-state index contributed by atoms with van der Waals surface area (Å²) in [6.07, 6.45) is 1.71. The summed E-state index contributed by atoms with van der Waals surface area (Å²) in [5.41, 5.74) is 4.48. The van der Waals surface area contributed by atoms with Crippen LogP contribution in [0.3, 0.4) is 0 Å². The Balaban J connectivity index is 2.14. The molecule has 0 saturated carbocycles. The summed E-state index contributed by atoms with van der Waals surface area (Å²) in [5.74, 6) is 1.33. The monoisotopic (exact) mass is 570 g/mol. The van der Waals surface area contributed by atoms with Crippen LogP contribution in [-0.4, -0.2) is 64.6 Å². The molecule has 10 heteroatoms. The van der Waals surface area contributed by atoms with Crippen LogP contribution in [0.25, 0.3) is 0 Å². The standard InChI is InChI=1S/C29H39ClN6O2S/c1-20-10-12-23(13-11-20)39-28-26(34-33-25-22(3)18-21(2)19-24(25)30)27(35(4)14-8-16-37-6)31-29(32-28)36(5)15-9-17-38-7/h10-13,18-19H,8-9,14-17H2,1-7H3. The Morgan fingerprint density at radius 2 is 1.44 bits per heavy atom. The van der Waals surface area contributed by atoms with E-state index in [1.54, 1.807) is 26.0 Å². The lowest BCUT2D eigenvalue weighted by molar-refractivity contribution is 0.196. The zero-order valence-electron chi connectivity index (χ0n) is 24.0. The van der Waals surface area contributed by atoms with E-state index >= 15 is 0 Å². The maximum Gasteiger partial charge on any atom is 0.228 e. The summed E-state index contributed by atoms with van der Waals surface area (Å²) >= 11 is 8.12. The number of rotatable bonds is 14. The van der Waals surface area contributed by atoms with E-state index in [0.717, 1.165) is 47.0 Å². The average molecular weight is 571 g/mol. The van der Waals surface area contributed by atoms with E-state index in [1.807, 2.05) is 38.9 Å². The van der Waals surface area contributed by atoms with Gasteiger partial charge in [-0.05, 0) is 62.9 Å². The van der Waals surface area contributed by atoms with Crippen molar-refractivity contribution in [3.63, 3.8) is 0 Å². The molecule has 0 aliphatic rings. The van der Waals surface area contributed by atoms with Gasteiger partial charge in [-0.25, -0.2) is 4.98 Å². The van der Waals surface area contributed by atoms with Gasteiger partial charge in [-0.2, -0.15) is 4.98 Å². The molecule has 8 nitrogen and oxygen atoms in total. The lowest BCUT2D eigenvalue weighted by Crippen LogP contribution is -2.25. The lowest BCUT2D eigenvalue weighted by Gasteiger charge is -2.24. The number of hydrogen-bond donors (Lipinski definition) is 0. The fourth-order valence-electron chi connectivity index (χ4n) is 3.96.